The van der Waals surface area contributed by atoms with Gasteiger partial charge in [0.05, 0.1) is 12.9 Å². The smallest absolute Gasteiger partial charge is 0.312 e. The van der Waals surface area contributed by atoms with Crippen molar-refractivity contribution in [2.24, 2.45) is 0 Å². The molecule has 4 nitrogen and oxygen atoms in total. The van der Waals surface area contributed by atoms with E-state index in [0.717, 1.165) is 10.8 Å². The number of nitrogens with zero attached hydrogens (tertiary/aromatic N) is 1. The van der Waals surface area contributed by atoms with Crippen LogP contribution in [0.5, 0.6) is 0 Å². The molecule has 0 aliphatic rings. The predicted octanol–water partition coefficient (Wildman–Crippen LogP) is 3.21. The monoisotopic (exact) mass is 277 g/mol. The summed E-state index contributed by atoms with van der Waals surface area (Å²) in [6.07, 6.45) is 0. The minimum Gasteiger partial charge on any atom is -0.455 e. The van der Waals surface area contributed by atoms with Gasteiger partial charge < -0.3 is 4.42 Å². The number of hydrogen-bond donors (Lipinski definition) is 0. The van der Waals surface area contributed by atoms with Gasteiger partial charge in [-0.1, -0.05) is 18.2 Å². The number of amides is 1. The molecule has 0 N–H and O–H groups in total. The van der Waals surface area contributed by atoms with Crippen molar-refractivity contribution in [3.05, 3.63) is 54.0 Å². The van der Waals surface area contributed by atoms with Crippen LogP contribution in [0.3, 0.4) is 0 Å². The number of hydroxylamine groups is 2. The molecule has 0 saturated heterocycles. The van der Waals surface area contributed by atoms with Crippen LogP contribution in [0, 0.1) is 0 Å². The number of furan rings is 1. The molecular formula is C14H15NO3S. The Hall–Kier alpha value is -1.72. The highest BCUT2D eigenvalue weighted by Gasteiger charge is 2.15. The van der Waals surface area contributed by atoms with Gasteiger partial charge in [0.25, 0.3) is 0 Å². The van der Waals surface area contributed by atoms with E-state index in [1.807, 2.05) is 36.4 Å². The average Bonchev–Trinajstić information content (AvgIpc) is 2.93. The molecule has 0 aliphatic carbocycles. The summed E-state index contributed by atoms with van der Waals surface area (Å²) in [5, 5.41) is 1.13. The van der Waals surface area contributed by atoms with E-state index in [9.17, 15) is 4.79 Å². The summed E-state index contributed by atoms with van der Waals surface area (Å²) in [6, 6.07) is 13.5. The molecule has 19 heavy (non-hydrogen) atoms. The zero-order valence-electron chi connectivity index (χ0n) is 10.8. The molecule has 0 aliphatic heterocycles. The first-order chi connectivity index (χ1) is 9.20. The number of carbonyl (C=O) groups excluding carboxylic acids is 1. The van der Waals surface area contributed by atoms with E-state index in [2.05, 4.69) is 0 Å². The quantitative estimate of drug-likeness (QED) is 0.621. The Kier molecular flexibility index (Phi) is 4.65. The van der Waals surface area contributed by atoms with Gasteiger partial charge in [0.2, 0.25) is 0 Å². The van der Waals surface area contributed by atoms with Crippen molar-refractivity contribution in [3.8, 4) is 0 Å². The summed E-state index contributed by atoms with van der Waals surface area (Å²) < 4.78 is 5.50. The van der Waals surface area contributed by atoms with Gasteiger partial charge in [-0.25, -0.2) is 5.06 Å². The maximum absolute atomic E-state index is 11.8. The zero-order valence-corrected chi connectivity index (χ0v) is 11.6. The van der Waals surface area contributed by atoms with Crippen molar-refractivity contribution in [3.63, 3.8) is 0 Å². The number of rotatable bonds is 5. The van der Waals surface area contributed by atoms with Gasteiger partial charge >= 0.3 is 5.91 Å². The van der Waals surface area contributed by atoms with E-state index in [1.165, 1.54) is 12.0 Å². The third-order valence-corrected chi connectivity index (χ3v) is 3.59. The Morgan fingerprint density at radius 2 is 2.00 bits per heavy atom. The van der Waals surface area contributed by atoms with Crippen LogP contribution in [0.25, 0.3) is 0 Å². The fourth-order valence-corrected chi connectivity index (χ4v) is 2.29. The average molecular weight is 277 g/mol. The lowest BCUT2D eigenvalue weighted by Crippen LogP contribution is -2.24. The molecule has 2 aromatic rings. The molecule has 1 heterocycles. The number of hydrogen-bond acceptors (Lipinski definition) is 4. The molecule has 0 unspecified atom stereocenters. The zero-order chi connectivity index (χ0) is 13.7. The summed E-state index contributed by atoms with van der Waals surface area (Å²) in [4.78, 5) is 17.8. The first kappa shape index (κ1) is 13.7. The van der Waals surface area contributed by atoms with Gasteiger partial charge in [0.1, 0.15) is 5.76 Å². The lowest BCUT2D eigenvalue weighted by Gasteiger charge is -2.10. The molecule has 0 fully saturated rings. The molecule has 5 heteroatoms. The van der Waals surface area contributed by atoms with Crippen LogP contribution in [-0.4, -0.2) is 25.1 Å². The first-order valence-electron chi connectivity index (χ1n) is 5.79. The molecular weight excluding hydrogens is 262 g/mol. The summed E-state index contributed by atoms with van der Waals surface area (Å²) in [5.74, 6) is 1.45. The fourth-order valence-electron chi connectivity index (χ4n) is 1.48. The van der Waals surface area contributed by atoms with Crippen LogP contribution in [0.15, 0.2) is 51.8 Å². The minimum atomic E-state index is -0.293. The van der Waals surface area contributed by atoms with E-state index < -0.39 is 0 Å². The lowest BCUT2D eigenvalue weighted by molar-refractivity contribution is -0.0773. The van der Waals surface area contributed by atoms with Crippen molar-refractivity contribution in [2.75, 3.05) is 14.2 Å². The highest BCUT2D eigenvalue weighted by atomic mass is 32.2. The largest absolute Gasteiger partial charge is 0.455 e. The van der Waals surface area contributed by atoms with Gasteiger partial charge in [-0.05, 0) is 24.3 Å². The van der Waals surface area contributed by atoms with Crippen molar-refractivity contribution >= 4 is 17.7 Å². The summed E-state index contributed by atoms with van der Waals surface area (Å²) in [5.41, 5.74) is 0. The summed E-state index contributed by atoms with van der Waals surface area (Å²) in [6.45, 7) is 0. The Morgan fingerprint density at radius 1 is 1.26 bits per heavy atom. The molecule has 1 aromatic heterocycles. The summed E-state index contributed by atoms with van der Waals surface area (Å²) >= 11 is 1.66. The van der Waals surface area contributed by atoms with Gasteiger partial charge in [-0.3, -0.25) is 9.63 Å². The first-order valence-corrected chi connectivity index (χ1v) is 6.78. The maximum Gasteiger partial charge on any atom is 0.312 e. The van der Waals surface area contributed by atoms with Gasteiger partial charge in [0, 0.05) is 11.9 Å². The topological polar surface area (TPSA) is 42.7 Å². The van der Waals surface area contributed by atoms with Crippen LogP contribution in [-0.2, 0) is 10.6 Å². The van der Waals surface area contributed by atoms with Crippen molar-refractivity contribution in [2.45, 2.75) is 10.6 Å². The van der Waals surface area contributed by atoms with Gasteiger partial charge in [-0.2, -0.15) is 0 Å². The molecule has 1 amide bonds. The van der Waals surface area contributed by atoms with Crippen molar-refractivity contribution in [1.82, 2.24) is 5.06 Å². The van der Waals surface area contributed by atoms with Gasteiger partial charge in [-0.15, -0.1) is 11.8 Å². The van der Waals surface area contributed by atoms with Crippen molar-refractivity contribution < 1.29 is 14.0 Å². The van der Waals surface area contributed by atoms with Crippen LogP contribution >= 0.6 is 11.8 Å². The van der Waals surface area contributed by atoms with Crippen LogP contribution < -0.4 is 0 Å². The Labute approximate surface area is 116 Å². The lowest BCUT2D eigenvalue weighted by atomic mass is 10.4. The Bertz CT molecular complexity index is 539. The second-order valence-electron chi connectivity index (χ2n) is 3.85. The van der Waals surface area contributed by atoms with E-state index in [-0.39, 0.29) is 11.7 Å². The fraction of sp³-hybridized carbons (Fsp3) is 0.214. The molecule has 2 rings (SSSR count). The third kappa shape index (κ3) is 3.62. The molecule has 1 aromatic carbocycles. The van der Waals surface area contributed by atoms with Crippen LogP contribution in [0.4, 0.5) is 0 Å². The normalized spacial score (nSPS) is 10.4. The molecule has 0 spiro atoms. The molecule has 0 atom stereocenters. The van der Waals surface area contributed by atoms with Gasteiger partial charge in [0.15, 0.2) is 5.76 Å². The summed E-state index contributed by atoms with van der Waals surface area (Å²) in [7, 11) is 2.98. The maximum atomic E-state index is 11.8. The van der Waals surface area contributed by atoms with Crippen molar-refractivity contribution in [1.29, 1.82) is 0 Å². The SMILES string of the molecule is CON(C)C(=O)c1ccc(CSc2ccccc2)o1. The van der Waals surface area contributed by atoms with E-state index >= 15 is 0 Å². The Morgan fingerprint density at radius 3 is 2.68 bits per heavy atom. The number of benzene rings is 1. The van der Waals surface area contributed by atoms with E-state index in [1.54, 1.807) is 24.9 Å². The molecule has 0 bridgehead atoms. The standard InChI is InChI=1S/C14H15NO3S/c1-15(17-2)14(16)13-9-8-11(18-13)10-19-12-6-4-3-5-7-12/h3-9H,10H2,1-2H3. The number of thioether (sulfide) groups is 1. The third-order valence-electron chi connectivity index (χ3n) is 2.56. The predicted molar refractivity (Wildman–Crippen MR) is 73.8 cm³/mol. The van der Waals surface area contributed by atoms with Crippen LogP contribution in [0.1, 0.15) is 16.3 Å². The highest BCUT2D eigenvalue weighted by molar-refractivity contribution is 7.98. The van der Waals surface area contributed by atoms with Crippen LogP contribution in [0.2, 0.25) is 0 Å². The van der Waals surface area contributed by atoms with E-state index in [4.69, 9.17) is 9.25 Å². The minimum absolute atomic E-state index is 0.285. The molecule has 100 valence electrons. The second kappa shape index (κ2) is 6.45. The van der Waals surface area contributed by atoms with E-state index in [0.29, 0.717) is 5.75 Å². The highest BCUT2D eigenvalue weighted by Crippen LogP contribution is 2.23. The second-order valence-corrected chi connectivity index (χ2v) is 4.90. The number of carbonyl (C=O) groups is 1. The Balaban J connectivity index is 1.96. The molecule has 0 radical (unpaired) electrons. The molecule has 0 saturated carbocycles.